The quantitative estimate of drug-likeness (QED) is 0.909. The van der Waals surface area contributed by atoms with Crippen molar-refractivity contribution in [2.45, 2.75) is 26.3 Å². The smallest absolute Gasteiger partial charge is 0.339 e. The number of benzene rings is 1. The van der Waals surface area contributed by atoms with Gasteiger partial charge in [-0.25, -0.2) is 4.79 Å². The molecule has 0 bridgehead atoms. The van der Waals surface area contributed by atoms with Crippen molar-refractivity contribution in [1.82, 2.24) is 4.98 Å². The maximum atomic E-state index is 11.4. The van der Waals surface area contributed by atoms with Gasteiger partial charge in [0.15, 0.2) is 0 Å². The standard InChI is InChI=1S/C16H16N2O2/c1-10-7-15(13(9-17-10)16(19)20)18-11(2)8-12-5-3-4-6-14(12)18/h3-7,9,11H,8H2,1-2H3,(H,19,20). The molecule has 4 nitrogen and oxygen atoms in total. The summed E-state index contributed by atoms with van der Waals surface area (Å²) in [5, 5.41) is 9.38. The molecule has 1 aliphatic rings. The third kappa shape index (κ3) is 1.93. The maximum absolute atomic E-state index is 11.4. The summed E-state index contributed by atoms with van der Waals surface area (Å²) < 4.78 is 0. The number of hydrogen-bond donors (Lipinski definition) is 1. The van der Waals surface area contributed by atoms with Gasteiger partial charge in [-0.15, -0.1) is 0 Å². The monoisotopic (exact) mass is 268 g/mol. The van der Waals surface area contributed by atoms with Gasteiger partial charge in [0.25, 0.3) is 0 Å². The van der Waals surface area contributed by atoms with E-state index in [0.717, 1.165) is 23.5 Å². The Morgan fingerprint density at radius 3 is 2.85 bits per heavy atom. The Morgan fingerprint density at radius 1 is 1.35 bits per heavy atom. The molecular formula is C16H16N2O2. The highest BCUT2D eigenvalue weighted by Gasteiger charge is 2.29. The van der Waals surface area contributed by atoms with Gasteiger partial charge >= 0.3 is 5.97 Å². The van der Waals surface area contributed by atoms with Gasteiger partial charge in [0.1, 0.15) is 5.56 Å². The SMILES string of the molecule is Cc1cc(N2c3ccccc3CC2C)c(C(=O)O)cn1. The van der Waals surface area contributed by atoms with E-state index >= 15 is 0 Å². The highest BCUT2D eigenvalue weighted by molar-refractivity contribution is 5.96. The first-order valence-electron chi connectivity index (χ1n) is 6.65. The van der Waals surface area contributed by atoms with Crippen LogP contribution in [0.5, 0.6) is 0 Å². The molecule has 1 N–H and O–H groups in total. The predicted molar refractivity (Wildman–Crippen MR) is 77.7 cm³/mol. The van der Waals surface area contributed by atoms with E-state index in [-0.39, 0.29) is 11.6 Å². The molecule has 1 aromatic carbocycles. The third-order valence-corrected chi connectivity index (χ3v) is 3.72. The number of aromatic carboxylic acids is 1. The summed E-state index contributed by atoms with van der Waals surface area (Å²) >= 11 is 0. The number of aryl methyl sites for hydroxylation is 1. The molecule has 0 radical (unpaired) electrons. The fourth-order valence-electron chi connectivity index (χ4n) is 2.84. The maximum Gasteiger partial charge on any atom is 0.339 e. The Morgan fingerprint density at radius 2 is 2.10 bits per heavy atom. The summed E-state index contributed by atoms with van der Waals surface area (Å²) in [7, 11) is 0. The molecule has 0 fully saturated rings. The molecule has 2 heterocycles. The van der Waals surface area contributed by atoms with Crippen LogP contribution in [0.2, 0.25) is 0 Å². The fourth-order valence-corrected chi connectivity index (χ4v) is 2.84. The zero-order valence-corrected chi connectivity index (χ0v) is 11.5. The van der Waals surface area contributed by atoms with Crippen LogP contribution in [0.4, 0.5) is 11.4 Å². The van der Waals surface area contributed by atoms with Gasteiger partial charge in [0.05, 0.1) is 5.69 Å². The van der Waals surface area contributed by atoms with Crippen LogP contribution in [0.3, 0.4) is 0 Å². The lowest BCUT2D eigenvalue weighted by Gasteiger charge is -2.26. The van der Waals surface area contributed by atoms with Crippen molar-refractivity contribution in [2.24, 2.45) is 0 Å². The average Bonchev–Trinajstić information content (AvgIpc) is 2.73. The Kier molecular flexibility index (Phi) is 2.93. The van der Waals surface area contributed by atoms with E-state index in [0.29, 0.717) is 0 Å². The molecule has 20 heavy (non-hydrogen) atoms. The van der Waals surface area contributed by atoms with E-state index in [4.69, 9.17) is 0 Å². The van der Waals surface area contributed by atoms with Crippen LogP contribution in [-0.2, 0) is 6.42 Å². The van der Waals surface area contributed by atoms with E-state index in [1.807, 2.05) is 31.2 Å². The molecule has 4 heteroatoms. The number of fused-ring (bicyclic) bond motifs is 1. The lowest BCUT2D eigenvalue weighted by atomic mass is 10.1. The van der Waals surface area contributed by atoms with Crippen molar-refractivity contribution < 1.29 is 9.90 Å². The Labute approximate surface area is 117 Å². The Balaban J connectivity index is 2.18. The number of para-hydroxylation sites is 1. The van der Waals surface area contributed by atoms with E-state index in [2.05, 4.69) is 22.9 Å². The first-order valence-corrected chi connectivity index (χ1v) is 6.65. The minimum absolute atomic E-state index is 0.243. The summed E-state index contributed by atoms with van der Waals surface area (Å²) in [5.74, 6) is -0.941. The molecule has 0 spiro atoms. The molecule has 0 saturated carbocycles. The molecule has 1 aliphatic heterocycles. The molecule has 1 aromatic heterocycles. The summed E-state index contributed by atoms with van der Waals surface area (Å²) in [4.78, 5) is 17.7. The highest BCUT2D eigenvalue weighted by Crippen LogP contribution is 2.39. The van der Waals surface area contributed by atoms with Crippen LogP contribution in [-0.4, -0.2) is 22.1 Å². The minimum atomic E-state index is -0.941. The molecule has 1 atom stereocenters. The second kappa shape index (κ2) is 4.63. The largest absolute Gasteiger partial charge is 0.478 e. The van der Waals surface area contributed by atoms with Crippen LogP contribution in [0.15, 0.2) is 36.5 Å². The molecule has 1 unspecified atom stereocenters. The average molecular weight is 268 g/mol. The van der Waals surface area contributed by atoms with Gasteiger partial charge in [0, 0.05) is 23.6 Å². The van der Waals surface area contributed by atoms with Crippen molar-refractivity contribution in [3.05, 3.63) is 53.3 Å². The van der Waals surface area contributed by atoms with Crippen LogP contribution in [0.25, 0.3) is 0 Å². The summed E-state index contributed by atoms with van der Waals surface area (Å²) in [5.41, 5.74) is 4.14. The number of carboxylic acids is 1. The van der Waals surface area contributed by atoms with Crippen molar-refractivity contribution in [1.29, 1.82) is 0 Å². The van der Waals surface area contributed by atoms with Gasteiger partial charge < -0.3 is 10.0 Å². The van der Waals surface area contributed by atoms with Gasteiger partial charge in [0.2, 0.25) is 0 Å². The number of pyridine rings is 1. The molecule has 2 aromatic rings. The summed E-state index contributed by atoms with van der Waals surface area (Å²) in [6.45, 7) is 3.99. The molecular weight excluding hydrogens is 252 g/mol. The molecule has 102 valence electrons. The van der Waals surface area contributed by atoms with E-state index in [1.165, 1.54) is 11.8 Å². The number of carboxylic acid groups (broad SMARTS) is 1. The number of carbonyl (C=O) groups is 1. The topological polar surface area (TPSA) is 53.4 Å². The van der Waals surface area contributed by atoms with Crippen LogP contribution < -0.4 is 4.90 Å². The third-order valence-electron chi connectivity index (χ3n) is 3.72. The number of hydrogen-bond acceptors (Lipinski definition) is 3. The predicted octanol–water partition coefficient (Wildman–Crippen LogP) is 3.17. The van der Waals surface area contributed by atoms with Crippen molar-refractivity contribution >= 4 is 17.3 Å². The lowest BCUT2D eigenvalue weighted by Crippen LogP contribution is -2.26. The molecule has 0 amide bonds. The van der Waals surface area contributed by atoms with E-state index < -0.39 is 5.97 Å². The second-order valence-electron chi connectivity index (χ2n) is 5.20. The first kappa shape index (κ1) is 12.7. The normalized spacial score (nSPS) is 17.1. The number of aromatic nitrogens is 1. The fraction of sp³-hybridized carbons (Fsp3) is 0.250. The zero-order chi connectivity index (χ0) is 14.3. The van der Waals surface area contributed by atoms with Crippen molar-refractivity contribution in [3.8, 4) is 0 Å². The molecule has 0 aliphatic carbocycles. The van der Waals surface area contributed by atoms with E-state index in [1.54, 1.807) is 0 Å². The second-order valence-corrected chi connectivity index (χ2v) is 5.20. The van der Waals surface area contributed by atoms with Crippen LogP contribution in [0.1, 0.15) is 28.5 Å². The van der Waals surface area contributed by atoms with E-state index in [9.17, 15) is 9.90 Å². The zero-order valence-electron chi connectivity index (χ0n) is 11.5. The molecule has 0 saturated heterocycles. The Hall–Kier alpha value is -2.36. The highest BCUT2D eigenvalue weighted by atomic mass is 16.4. The number of rotatable bonds is 2. The first-order chi connectivity index (χ1) is 9.58. The Bertz CT molecular complexity index is 682. The number of nitrogens with zero attached hydrogens (tertiary/aromatic N) is 2. The lowest BCUT2D eigenvalue weighted by molar-refractivity contribution is 0.0697. The van der Waals surface area contributed by atoms with Crippen molar-refractivity contribution in [2.75, 3.05) is 4.90 Å². The van der Waals surface area contributed by atoms with Crippen LogP contribution >= 0.6 is 0 Å². The van der Waals surface area contributed by atoms with Gasteiger partial charge in [-0.1, -0.05) is 18.2 Å². The van der Waals surface area contributed by atoms with Gasteiger partial charge in [-0.2, -0.15) is 0 Å². The number of anilines is 2. The van der Waals surface area contributed by atoms with Gasteiger partial charge in [-0.3, -0.25) is 4.98 Å². The molecule has 3 rings (SSSR count). The van der Waals surface area contributed by atoms with Crippen molar-refractivity contribution in [3.63, 3.8) is 0 Å². The van der Waals surface area contributed by atoms with Crippen LogP contribution in [0, 0.1) is 6.92 Å². The minimum Gasteiger partial charge on any atom is -0.478 e. The summed E-state index contributed by atoms with van der Waals surface area (Å²) in [6.07, 6.45) is 2.37. The summed E-state index contributed by atoms with van der Waals surface area (Å²) in [6, 6.07) is 10.2. The van der Waals surface area contributed by atoms with Gasteiger partial charge in [-0.05, 0) is 38.0 Å².